The van der Waals surface area contributed by atoms with Crippen molar-refractivity contribution < 1.29 is 0 Å². The summed E-state index contributed by atoms with van der Waals surface area (Å²) in [6, 6.07) is 10.0. The molecule has 19 heavy (non-hydrogen) atoms. The molecule has 4 nitrogen and oxygen atoms in total. The Morgan fingerprint density at radius 3 is 2.63 bits per heavy atom. The molecule has 0 aliphatic rings. The highest BCUT2D eigenvalue weighted by molar-refractivity contribution is 7.99. The summed E-state index contributed by atoms with van der Waals surface area (Å²) in [5.74, 6) is 0.791. The summed E-state index contributed by atoms with van der Waals surface area (Å²) in [5, 5.41) is 0. The van der Waals surface area contributed by atoms with Gasteiger partial charge in [-0.1, -0.05) is 25.1 Å². The number of thioether (sulfide) groups is 1. The first-order valence-electron chi connectivity index (χ1n) is 6.21. The molecule has 0 aliphatic carbocycles. The molecule has 0 radical (unpaired) electrons. The number of aryl methyl sites for hydroxylation is 2. The van der Waals surface area contributed by atoms with Gasteiger partial charge in [-0.25, -0.2) is 4.79 Å². The number of rotatable bonds is 5. The predicted molar refractivity (Wildman–Crippen MR) is 77.9 cm³/mol. The van der Waals surface area contributed by atoms with E-state index in [9.17, 15) is 9.59 Å². The van der Waals surface area contributed by atoms with Crippen molar-refractivity contribution in [3.63, 3.8) is 0 Å². The van der Waals surface area contributed by atoms with Crippen LogP contribution in [0.2, 0.25) is 0 Å². The van der Waals surface area contributed by atoms with Gasteiger partial charge in [-0.2, -0.15) is 0 Å². The fraction of sp³-hybridized carbons (Fsp3) is 0.286. The molecular formula is C14H16N2O2S. The molecule has 0 spiro atoms. The second kappa shape index (κ2) is 6.43. The Bertz CT molecular complexity index is 646. The van der Waals surface area contributed by atoms with E-state index < -0.39 is 0 Å². The minimum absolute atomic E-state index is 0.278. The number of nitrogens with one attached hydrogen (secondary N) is 1. The summed E-state index contributed by atoms with van der Waals surface area (Å²) in [6.45, 7) is 2.49. The van der Waals surface area contributed by atoms with Crippen LogP contribution in [0.15, 0.2) is 51.0 Å². The maximum Gasteiger partial charge on any atom is 0.328 e. The highest BCUT2D eigenvalue weighted by Crippen LogP contribution is 2.16. The van der Waals surface area contributed by atoms with Gasteiger partial charge in [0.25, 0.3) is 5.56 Å². The molecule has 2 rings (SSSR count). The first-order chi connectivity index (χ1) is 9.20. The number of H-pyrrole nitrogens is 1. The Labute approximate surface area is 115 Å². The molecule has 0 fully saturated rings. The van der Waals surface area contributed by atoms with E-state index in [4.69, 9.17) is 0 Å². The summed E-state index contributed by atoms with van der Waals surface area (Å²) in [4.78, 5) is 26.6. The third-order valence-electron chi connectivity index (χ3n) is 2.81. The third-order valence-corrected chi connectivity index (χ3v) is 3.80. The van der Waals surface area contributed by atoms with E-state index in [-0.39, 0.29) is 11.2 Å². The molecule has 0 saturated heterocycles. The number of aromatic nitrogens is 2. The topological polar surface area (TPSA) is 54.9 Å². The Morgan fingerprint density at radius 2 is 1.95 bits per heavy atom. The quantitative estimate of drug-likeness (QED) is 0.849. The normalized spacial score (nSPS) is 10.6. The maximum atomic E-state index is 11.6. The van der Waals surface area contributed by atoms with E-state index in [2.05, 4.69) is 4.98 Å². The highest BCUT2D eigenvalue weighted by atomic mass is 32.2. The Morgan fingerprint density at radius 1 is 1.21 bits per heavy atom. The van der Waals surface area contributed by atoms with Crippen molar-refractivity contribution in [2.24, 2.45) is 0 Å². The monoisotopic (exact) mass is 276 g/mol. The minimum atomic E-state index is -0.337. The smallest absolute Gasteiger partial charge is 0.299 e. The standard InChI is InChI=1S/C14H16N2O2S/c1-2-11-10-16(14(18)15-13(11)17)8-9-19-12-6-4-3-5-7-12/h3-7,10H,2,8-9H2,1H3,(H,15,17,18). The van der Waals surface area contributed by atoms with Gasteiger partial charge < -0.3 is 0 Å². The van der Waals surface area contributed by atoms with E-state index >= 15 is 0 Å². The molecule has 0 aliphatic heterocycles. The largest absolute Gasteiger partial charge is 0.328 e. The van der Waals surface area contributed by atoms with Crippen LogP contribution in [0.5, 0.6) is 0 Å². The van der Waals surface area contributed by atoms with Crippen LogP contribution < -0.4 is 11.2 Å². The van der Waals surface area contributed by atoms with Crippen molar-refractivity contribution in [3.05, 3.63) is 62.9 Å². The molecule has 2 aromatic rings. The van der Waals surface area contributed by atoms with Gasteiger partial charge in [-0.05, 0) is 18.6 Å². The zero-order chi connectivity index (χ0) is 13.7. The lowest BCUT2D eigenvalue weighted by Crippen LogP contribution is -2.32. The highest BCUT2D eigenvalue weighted by Gasteiger charge is 2.03. The molecule has 0 saturated carbocycles. The lowest BCUT2D eigenvalue weighted by molar-refractivity contribution is 0.688. The fourth-order valence-corrected chi connectivity index (χ4v) is 2.62. The zero-order valence-electron chi connectivity index (χ0n) is 10.8. The van der Waals surface area contributed by atoms with Crippen molar-refractivity contribution in [3.8, 4) is 0 Å². The fourth-order valence-electron chi connectivity index (χ4n) is 1.75. The SMILES string of the molecule is CCc1cn(CCSc2ccccc2)c(=O)[nH]c1=O. The lowest BCUT2D eigenvalue weighted by atomic mass is 10.3. The molecule has 5 heteroatoms. The van der Waals surface area contributed by atoms with Crippen molar-refractivity contribution in [1.82, 2.24) is 9.55 Å². The third kappa shape index (κ3) is 3.61. The molecule has 0 amide bonds. The van der Waals surface area contributed by atoms with Crippen LogP contribution in [0.25, 0.3) is 0 Å². The molecule has 1 N–H and O–H groups in total. The van der Waals surface area contributed by atoms with Crippen molar-refractivity contribution in [2.75, 3.05) is 5.75 Å². The second-order valence-electron chi connectivity index (χ2n) is 4.12. The predicted octanol–water partition coefficient (Wildman–Crippen LogP) is 1.89. The summed E-state index contributed by atoms with van der Waals surface area (Å²) < 4.78 is 1.57. The summed E-state index contributed by atoms with van der Waals surface area (Å²) in [6.07, 6.45) is 2.29. The Kier molecular flexibility index (Phi) is 4.63. The van der Waals surface area contributed by atoms with Crippen LogP contribution in [-0.2, 0) is 13.0 Å². The average Bonchev–Trinajstić information content (AvgIpc) is 2.42. The summed E-state index contributed by atoms with van der Waals surface area (Å²) >= 11 is 1.69. The van der Waals surface area contributed by atoms with Crippen molar-refractivity contribution in [1.29, 1.82) is 0 Å². The first-order valence-corrected chi connectivity index (χ1v) is 7.19. The molecule has 0 bridgehead atoms. The second-order valence-corrected chi connectivity index (χ2v) is 5.29. The van der Waals surface area contributed by atoms with E-state index in [1.165, 1.54) is 4.90 Å². The van der Waals surface area contributed by atoms with Crippen LogP contribution in [0.1, 0.15) is 12.5 Å². The molecule has 0 unspecified atom stereocenters. The molecule has 100 valence electrons. The van der Waals surface area contributed by atoms with Gasteiger partial charge in [0.1, 0.15) is 0 Å². The summed E-state index contributed by atoms with van der Waals surface area (Å²) in [5.41, 5.74) is 0.0274. The van der Waals surface area contributed by atoms with Crippen LogP contribution in [-0.4, -0.2) is 15.3 Å². The van der Waals surface area contributed by atoms with Gasteiger partial charge in [0.2, 0.25) is 0 Å². The summed E-state index contributed by atoms with van der Waals surface area (Å²) in [7, 11) is 0. The zero-order valence-corrected chi connectivity index (χ0v) is 11.6. The molecule has 1 heterocycles. The number of aromatic amines is 1. The molecule has 1 aromatic carbocycles. The lowest BCUT2D eigenvalue weighted by Gasteiger charge is -2.06. The number of hydrogen-bond donors (Lipinski definition) is 1. The van der Waals surface area contributed by atoms with Gasteiger partial charge in [0.15, 0.2) is 0 Å². The average molecular weight is 276 g/mol. The number of nitrogens with zero attached hydrogens (tertiary/aromatic N) is 1. The van der Waals surface area contributed by atoms with Gasteiger partial charge in [-0.3, -0.25) is 14.3 Å². The van der Waals surface area contributed by atoms with Crippen LogP contribution in [0, 0.1) is 0 Å². The van der Waals surface area contributed by atoms with E-state index in [0.717, 1.165) is 5.75 Å². The van der Waals surface area contributed by atoms with Gasteiger partial charge in [0.05, 0.1) is 0 Å². The molecule has 0 atom stereocenters. The van der Waals surface area contributed by atoms with E-state index in [1.807, 2.05) is 37.3 Å². The Hall–Kier alpha value is -1.75. The van der Waals surface area contributed by atoms with Crippen molar-refractivity contribution >= 4 is 11.8 Å². The Balaban J connectivity index is 2.04. The van der Waals surface area contributed by atoms with Crippen molar-refractivity contribution in [2.45, 2.75) is 24.8 Å². The first kappa shape index (κ1) is 13.7. The van der Waals surface area contributed by atoms with Gasteiger partial charge in [-0.15, -0.1) is 11.8 Å². The van der Waals surface area contributed by atoms with E-state index in [1.54, 1.807) is 22.5 Å². The van der Waals surface area contributed by atoms with Crippen LogP contribution in [0.3, 0.4) is 0 Å². The maximum absolute atomic E-state index is 11.6. The van der Waals surface area contributed by atoms with Crippen LogP contribution >= 0.6 is 11.8 Å². The van der Waals surface area contributed by atoms with Gasteiger partial charge >= 0.3 is 5.69 Å². The van der Waals surface area contributed by atoms with Gasteiger partial charge in [0, 0.05) is 29.0 Å². The van der Waals surface area contributed by atoms with E-state index in [0.29, 0.717) is 18.5 Å². The number of hydrogen-bond acceptors (Lipinski definition) is 3. The van der Waals surface area contributed by atoms with Crippen LogP contribution in [0.4, 0.5) is 0 Å². The minimum Gasteiger partial charge on any atom is -0.299 e. The molecule has 1 aromatic heterocycles. The number of benzene rings is 1. The molecular weight excluding hydrogens is 260 g/mol.